The molecule has 0 radical (unpaired) electrons. The Kier molecular flexibility index (Phi) is 4.63. The number of hydrogen-bond donors (Lipinski definition) is 1. The second-order valence-electron chi connectivity index (χ2n) is 4.81. The molecular weight excluding hydrogens is 282 g/mol. The van der Waals surface area contributed by atoms with Crippen molar-refractivity contribution in [2.45, 2.75) is 13.8 Å². The minimum atomic E-state index is -0.544. The number of nitrogens with zero attached hydrogens (tertiary/aromatic N) is 2. The van der Waals surface area contributed by atoms with E-state index in [1.807, 2.05) is 31.2 Å². The zero-order valence-corrected chi connectivity index (χ0v) is 12.2. The molecule has 1 amide bonds. The van der Waals surface area contributed by atoms with Crippen molar-refractivity contribution < 1.29 is 9.72 Å². The van der Waals surface area contributed by atoms with Gasteiger partial charge in [0.05, 0.1) is 10.6 Å². The van der Waals surface area contributed by atoms with E-state index in [1.165, 1.54) is 24.3 Å². The maximum absolute atomic E-state index is 12.0. The lowest BCUT2D eigenvalue weighted by Crippen LogP contribution is -2.19. The fourth-order valence-corrected chi connectivity index (χ4v) is 1.82. The number of amides is 1. The molecule has 0 aliphatic rings. The minimum absolute atomic E-state index is 0.133. The van der Waals surface area contributed by atoms with Gasteiger partial charge in [-0.25, -0.2) is 5.43 Å². The number of benzene rings is 2. The summed E-state index contributed by atoms with van der Waals surface area (Å²) >= 11 is 0. The van der Waals surface area contributed by atoms with Crippen LogP contribution in [-0.2, 0) is 0 Å². The van der Waals surface area contributed by atoms with Crippen LogP contribution >= 0.6 is 0 Å². The smallest absolute Gasteiger partial charge is 0.267 e. The molecule has 0 fully saturated rings. The van der Waals surface area contributed by atoms with Gasteiger partial charge < -0.3 is 0 Å². The first-order valence-electron chi connectivity index (χ1n) is 6.63. The lowest BCUT2D eigenvalue weighted by Gasteiger charge is -2.03. The molecule has 0 spiro atoms. The highest BCUT2D eigenvalue weighted by molar-refractivity contribution is 6.01. The normalized spacial score (nSPS) is 11.1. The molecule has 1 N–H and O–H groups in total. The van der Waals surface area contributed by atoms with Gasteiger partial charge in [-0.1, -0.05) is 35.9 Å². The number of carbonyl (C=O) groups excluding carboxylic acids is 1. The topological polar surface area (TPSA) is 84.6 Å². The van der Waals surface area contributed by atoms with Crippen LogP contribution in [-0.4, -0.2) is 16.5 Å². The first kappa shape index (κ1) is 15.4. The van der Waals surface area contributed by atoms with Gasteiger partial charge in [0, 0.05) is 17.7 Å². The number of aryl methyl sites for hydroxylation is 1. The van der Waals surface area contributed by atoms with Gasteiger partial charge in [-0.3, -0.25) is 14.9 Å². The van der Waals surface area contributed by atoms with Crippen LogP contribution in [0.5, 0.6) is 0 Å². The number of non-ortho nitro benzene ring substituents is 1. The van der Waals surface area contributed by atoms with Crippen LogP contribution in [0.4, 0.5) is 5.69 Å². The fourth-order valence-electron chi connectivity index (χ4n) is 1.82. The van der Waals surface area contributed by atoms with E-state index in [9.17, 15) is 14.9 Å². The van der Waals surface area contributed by atoms with Crippen molar-refractivity contribution in [2.24, 2.45) is 5.10 Å². The van der Waals surface area contributed by atoms with Gasteiger partial charge in [0.15, 0.2) is 0 Å². The van der Waals surface area contributed by atoms with Crippen molar-refractivity contribution in [3.8, 4) is 0 Å². The molecule has 0 saturated heterocycles. The average Bonchev–Trinajstić information content (AvgIpc) is 2.53. The Bertz CT molecular complexity index is 737. The van der Waals surface area contributed by atoms with E-state index in [0.29, 0.717) is 5.71 Å². The van der Waals surface area contributed by atoms with Crippen LogP contribution < -0.4 is 5.43 Å². The molecule has 112 valence electrons. The van der Waals surface area contributed by atoms with E-state index < -0.39 is 10.8 Å². The highest BCUT2D eigenvalue weighted by Crippen LogP contribution is 2.13. The predicted octanol–water partition coefficient (Wildman–Crippen LogP) is 3.06. The Balaban J connectivity index is 2.11. The Labute approximate surface area is 127 Å². The minimum Gasteiger partial charge on any atom is -0.267 e. The lowest BCUT2D eigenvalue weighted by atomic mass is 10.1. The molecule has 0 saturated carbocycles. The van der Waals surface area contributed by atoms with Gasteiger partial charge in [0.1, 0.15) is 0 Å². The summed E-state index contributed by atoms with van der Waals surface area (Å²) < 4.78 is 0. The van der Waals surface area contributed by atoms with E-state index in [1.54, 1.807) is 6.92 Å². The molecule has 22 heavy (non-hydrogen) atoms. The highest BCUT2D eigenvalue weighted by atomic mass is 16.6. The van der Waals surface area contributed by atoms with Crippen LogP contribution in [0.15, 0.2) is 53.6 Å². The van der Waals surface area contributed by atoms with Crippen LogP contribution in [0.25, 0.3) is 0 Å². The quantitative estimate of drug-likeness (QED) is 0.534. The molecule has 6 nitrogen and oxygen atoms in total. The van der Waals surface area contributed by atoms with E-state index >= 15 is 0 Å². The number of carbonyl (C=O) groups is 1. The summed E-state index contributed by atoms with van der Waals surface area (Å²) in [4.78, 5) is 22.1. The summed E-state index contributed by atoms with van der Waals surface area (Å²) in [6, 6.07) is 13.2. The largest absolute Gasteiger partial charge is 0.271 e. The molecule has 0 aromatic heterocycles. The molecule has 0 atom stereocenters. The molecule has 0 aliphatic heterocycles. The van der Waals surface area contributed by atoms with Crippen molar-refractivity contribution in [3.05, 3.63) is 75.3 Å². The van der Waals surface area contributed by atoms with Gasteiger partial charge in [-0.2, -0.15) is 5.10 Å². The van der Waals surface area contributed by atoms with E-state index in [4.69, 9.17) is 0 Å². The molecule has 0 heterocycles. The summed E-state index contributed by atoms with van der Waals surface area (Å²) in [6.45, 7) is 3.76. The van der Waals surface area contributed by atoms with Gasteiger partial charge >= 0.3 is 0 Å². The molecule has 0 bridgehead atoms. The lowest BCUT2D eigenvalue weighted by molar-refractivity contribution is -0.384. The monoisotopic (exact) mass is 297 g/mol. The third-order valence-corrected chi connectivity index (χ3v) is 3.11. The summed E-state index contributed by atoms with van der Waals surface area (Å²) in [5, 5.41) is 14.7. The van der Waals surface area contributed by atoms with Gasteiger partial charge in [-0.05, 0) is 25.5 Å². The molecule has 2 aromatic carbocycles. The second-order valence-corrected chi connectivity index (χ2v) is 4.81. The van der Waals surface area contributed by atoms with E-state index in [0.717, 1.165) is 11.1 Å². The van der Waals surface area contributed by atoms with Crippen LogP contribution in [0.1, 0.15) is 28.4 Å². The standard InChI is InChI=1S/C16H15N3O3/c1-11-6-8-13(9-7-11)12(2)17-18-16(20)14-4-3-5-15(10-14)19(21)22/h3-10H,1-2H3,(H,18,20)/b17-12-. The zero-order valence-electron chi connectivity index (χ0n) is 12.2. The number of rotatable bonds is 4. The van der Waals surface area contributed by atoms with Crippen molar-refractivity contribution in [1.29, 1.82) is 0 Å². The van der Waals surface area contributed by atoms with Crippen molar-refractivity contribution >= 4 is 17.3 Å². The van der Waals surface area contributed by atoms with Crippen LogP contribution in [0, 0.1) is 17.0 Å². The van der Waals surface area contributed by atoms with E-state index in [-0.39, 0.29) is 11.3 Å². The average molecular weight is 297 g/mol. The molecule has 6 heteroatoms. The first-order chi connectivity index (χ1) is 10.5. The Morgan fingerprint density at radius 3 is 2.45 bits per heavy atom. The molecule has 0 unspecified atom stereocenters. The van der Waals surface area contributed by atoms with Gasteiger partial charge in [0.25, 0.3) is 11.6 Å². The summed E-state index contributed by atoms with van der Waals surface area (Å²) in [6.07, 6.45) is 0. The number of hydrogen-bond acceptors (Lipinski definition) is 4. The second kappa shape index (κ2) is 6.62. The van der Waals surface area contributed by atoms with Crippen LogP contribution in [0.3, 0.4) is 0 Å². The van der Waals surface area contributed by atoms with Crippen molar-refractivity contribution in [3.63, 3.8) is 0 Å². The van der Waals surface area contributed by atoms with Crippen LogP contribution in [0.2, 0.25) is 0 Å². The number of hydrazone groups is 1. The third-order valence-electron chi connectivity index (χ3n) is 3.11. The SMILES string of the molecule is C/C(=N/NC(=O)c1cccc([N+](=O)[O-])c1)c1ccc(C)cc1. The van der Waals surface area contributed by atoms with Crippen molar-refractivity contribution in [2.75, 3.05) is 0 Å². The Hall–Kier alpha value is -3.02. The first-order valence-corrected chi connectivity index (χ1v) is 6.63. The summed E-state index contributed by atoms with van der Waals surface area (Å²) in [5.41, 5.74) is 5.14. The molecule has 0 aliphatic carbocycles. The summed E-state index contributed by atoms with van der Waals surface area (Å²) in [5.74, 6) is -0.491. The number of nitrogens with one attached hydrogen (secondary N) is 1. The van der Waals surface area contributed by atoms with Gasteiger partial charge in [-0.15, -0.1) is 0 Å². The summed E-state index contributed by atoms with van der Waals surface area (Å²) in [7, 11) is 0. The predicted molar refractivity (Wildman–Crippen MR) is 84.0 cm³/mol. The number of nitro benzene ring substituents is 1. The Morgan fingerprint density at radius 1 is 1.14 bits per heavy atom. The molecule has 2 aromatic rings. The van der Waals surface area contributed by atoms with E-state index in [2.05, 4.69) is 10.5 Å². The number of nitro groups is 1. The molecular formula is C16H15N3O3. The molecule has 2 rings (SSSR count). The third kappa shape index (κ3) is 3.76. The van der Waals surface area contributed by atoms with Gasteiger partial charge in [0.2, 0.25) is 0 Å². The zero-order chi connectivity index (χ0) is 16.1. The maximum Gasteiger partial charge on any atom is 0.271 e. The maximum atomic E-state index is 12.0. The fraction of sp³-hybridized carbons (Fsp3) is 0.125. The Morgan fingerprint density at radius 2 is 1.82 bits per heavy atom. The highest BCUT2D eigenvalue weighted by Gasteiger charge is 2.11. The van der Waals surface area contributed by atoms with Crippen molar-refractivity contribution in [1.82, 2.24) is 5.43 Å².